The normalized spacial score (nSPS) is 14.0. The lowest BCUT2D eigenvalue weighted by Gasteiger charge is -2.08. The van der Waals surface area contributed by atoms with Crippen LogP contribution in [0.4, 0.5) is 13.2 Å². The van der Waals surface area contributed by atoms with Gasteiger partial charge in [-0.3, -0.25) is 0 Å². The molecule has 0 rings (SSSR count). The van der Waals surface area contributed by atoms with Gasteiger partial charge in [0, 0.05) is 6.42 Å². The lowest BCUT2D eigenvalue weighted by atomic mass is 10.2. The van der Waals surface area contributed by atoms with Crippen LogP contribution in [0.1, 0.15) is 13.3 Å². The van der Waals surface area contributed by atoms with E-state index in [-0.39, 0.29) is 6.42 Å². The first kappa shape index (κ1) is 10.8. The zero-order valence-electron chi connectivity index (χ0n) is 6.14. The van der Waals surface area contributed by atoms with Crippen molar-refractivity contribution in [2.45, 2.75) is 19.5 Å². The number of carbonyl (C=O) groups is 1. The smallest absolute Gasteiger partial charge is 0.426 e. The highest BCUT2D eigenvalue weighted by Gasteiger charge is 2.41. The Balaban J connectivity index is 5.07. The summed E-state index contributed by atoms with van der Waals surface area (Å²) in [6, 6.07) is 0. The second-order valence-corrected chi connectivity index (χ2v) is 1.98. The molecule has 3 nitrogen and oxygen atoms in total. The molecule has 0 aliphatic rings. The standard InChI is InChI=1S/C6H7F3O3/c1-2-3(10)4(5(11)12)6(7,8)9/h10H,2H2,1H3,(H,11,12). The molecule has 0 spiro atoms. The maximum Gasteiger partial charge on any atom is 0.426 e. The first-order chi connectivity index (χ1) is 5.30. The Hall–Kier alpha value is -1.20. The van der Waals surface area contributed by atoms with Gasteiger partial charge in [0.2, 0.25) is 0 Å². The van der Waals surface area contributed by atoms with Crippen LogP contribution >= 0.6 is 0 Å². The van der Waals surface area contributed by atoms with E-state index in [1.165, 1.54) is 6.92 Å². The molecule has 0 aromatic rings. The van der Waals surface area contributed by atoms with Crippen LogP contribution in [0, 0.1) is 0 Å². The zero-order valence-corrected chi connectivity index (χ0v) is 6.14. The summed E-state index contributed by atoms with van der Waals surface area (Å²) in [4.78, 5) is 10.0. The SMILES string of the molecule is CCC(O)=C(C(=O)O)C(F)(F)F. The van der Waals surface area contributed by atoms with Crippen LogP contribution in [0.5, 0.6) is 0 Å². The molecule has 0 unspecified atom stereocenters. The van der Waals surface area contributed by atoms with Gasteiger partial charge in [-0.1, -0.05) is 6.92 Å². The molecule has 0 saturated carbocycles. The Bertz CT molecular complexity index is 217. The number of allylic oxidation sites excluding steroid dienone is 1. The van der Waals surface area contributed by atoms with Gasteiger partial charge in [-0.25, -0.2) is 4.79 Å². The molecule has 12 heavy (non-hydrogen) atoms. The molecule has 0 aromatic carbocycles. The van der Waals surface area contributed by atoms with Gasteiger partial charge in [-0.2, -0.15) is 13.2 Å². The number of aliphatic hydroxyl groups excluding tert-OH is 1. The highest BCUT2D eigenvalue weighted by molar-refractivity contribution is 5.88. The predicted octanol–water partition coefficient (Wildman–Crippen LogP) is 1.86. The third-order valence-electron chi connectivity index (χ3n) is 1.12. The Morgan fingerprint density at radius 2 is 1.75 bits per heavy atom. The zero-order chi connectivity index (χ0) is 9.94. The lowest BCUT2D eigenvalue weighted by Crippen LogP contribution is -2.21. The van der Waals surface area contributed by atoms with Crippen LogP contribution in [0.15, 0.2) is 11.3 Å². The van der Waals surface area contributed by atoms with Crippen LogP contribution < -0.4 is 0 Å². The molecule has 0 amide bonds. The number of hydrogen-bond donors (Lipinski definition) is 2. The number of halogens is 3. The largest absolute Gasteiger partial charge is 0.511 e. The van der Waals surface area contributed by atoms with E-state index in [1.807, 2.05) is 0 Å². The molecule has 0 aliphatic heterocycles. The van der Waals surface area contributed by atoms with E-state index in [9.17, 15) is 18.0 Å². The van der Waals surface area contributed by atoms with Crippen LogP contribution in [0.25, 0.3) is 0 Å². The number of rotatable bonds is 2. The van der Waals surface area contributed by atoms with Gasteiger partial charge >= 0.3 is 12.1 Å². The fourth-order valence-electron chi connectivity index (χ4n) is 0.585. The molecule has 0 heterocycles. The third kappa shape index (κ3) is 2.44. The maximum atomic E-state index is 11.8. The van der Waals surface area contributed by atoms with E-state index in [0.717, 1.165) is 0 Å². The topological polar surface area (TPSA) is 57.5 Å². The average molecular weight is 184 g/mol. The molecule has 6 heteroatoms. The molecule has 0 aromatic heterocycles. The van der Waals surface area contributed by atoms with E-state index in [0.29, 0.717) is 0 Å². The van der Waals surface area contributed by atoms with Crippen LogP contribution in [-0.4, -0.2) is 22.4 Å². The number of carboxylic acid groups (broad SMARTS) is 1. The third-order valence-corrected chi connectivity index (χ3v) is 1.12. The number of aliphatic hydroxyl groups is 1. The quantitative estimate of drug-likeness (QED) is 0.508. The molecular formula is C6H7F3O3. The minimum atomic E-state index is -5.01. The van der Waals surface area contributed by atoms with Gasteiger partial charge in [0.05, 0.1) is 0 Å². The molecule has 70 valence electrons. The van der Waals surface area contributed by atoms with E-state index in [2.05, 4.69) is 0 Å². The maximum absolute atomic E-state index is 11.8. The van der Waals surface area contributed by atoms with Crippen molar-refractivity contribution in [3.05, 3.63) is 11.3 Å². The fourth-order valence-corrected chi connectivity index (χ4v) is 0.585. The van der Waals surface area contributed by atoms with Crippen molar-refractivity contribution >= 4 is 5.97 Å². The second kappa shape index (κ2) is 3.46. The second-order valence-electron chi connectivity index (χ2n) is 1.98. The Kier molecular flexibility index (Phi) is 3.12. The highest BCUT2D eigenvalue weighted by atomic mass is 19.4. The van der Waals surface area contributed by atoms with Crippen LogP contribution in [-0.2, 0) is 4.79 Å². The van der Waals surface area contributed by atoms with Gasteiger partial charge < -0.3 is 10.2 Å². The number of hydrogen-bond acceptors (Lipinski definition) is 2. The summed E-state index contributed by atoms with van der Waals surface area (Å²) in [5, 5.41) is 16.7. The van der Waals surface area contributed by atoms with Crippen LogP contribution in [0.2, 0.25) is 0 Å². The van der Waals surface area contributed by atoms with Crippen molar-refractivity contribution in [2.24, 2.45) is 0 Å². The summed E-state index contributed by atoms with van der Waals surface area (Å²) in [5.74, 6) is -3.32. The minimum Gasteiger partial charge on any atom is -0.511 e. The number of aliphatic carboxylic acids is 1. The van der Waals surface area contributed by atoms with Gasteiger partial charge in [-0.15, -0.1) is 0 Å². The van der Waals surface area contributed by atoms with Crippen LogP contribution in [0.3, 0.4) is 0 Å². The van der Waals surface area contributed by atoms with Gasteiger partial charge in [0.1, 0.15) is 5.76 Å². The molecule has 0 saturated heterocycles. The predicted molar refractivity (Wildman–Crippen MR) is 33.6 cm³/mol. The monoisotopic (exact) mass is 184 g/mol. The summed E-state index contributed by atoms with van der Waals surface area (Å²) >= 11 is 0. The first-order valence-electron chi connectivity index (χ1n) is 3.03. The van der Waals surface area contributed by atoms with E-state index >= 15 is 0 Å². The Labute approximate surface area is 66.1 Å². The molecule has 2 N–H and O–H groups in total. The summed E-state index contributed by atoms with van der Waals surface area (Å²) < 4.78 is 35.4. The molecule has 0 radical (unpaired) electrons. The molecule has 0 bridgehead atoms. The fraction of sp³-hybridized carbons (Fsp3) is 0.500. The van der Waals surface area contributed by atoms with Crippen molar-refractivity contribution in [1.29, 1.82) is 0 Å². The summed E-state index contributed by atoms with van der Waals surface area (Å²) in [7, 11) is 0. The van der Waals surface area contributed by atoms with Crippen molar-refractivity contribution in [3.63, 3.8) is 0 Å². The molecule has 0 atom stereocenters. The molecule has 0 fully saturated rings. The molecular weight excluding hydrogens is 177 g/mol. The molecule has 0 aliphatic carbocycles. The van der Waals surface area contributed by atoms with E-state index in [1.54, 1.807) is 0 Å². The average Bonchev–Trinajstić information content (AvgIpc) is 1.83. The Morgan fingerprint density at radius 1 is 1.33 bits per heavy atom. The van der Waals surface area contributed by atoms with Crippen molar-refractivity contribution in [1.82, 2.24) is 0 Å². The van der Waals surface area contributed by atoms with E-state index < -0.39 is 23.5 Å². The van der Waals surface area contributed by atoms with Crippen molar-refractivity contribution in [3.8, 4) is 0 Å². The van der Waals surface area contributed by atoms with Crippen molar-refractivity contribution < 1.29 is 28.2 Å². The van der Waals surface area contributed by atoms with E-state index in [4.69, 9.17) is 10.2 Å². The van der Waals surface area contributed by atoms with Gasteiger partial charge in [0.15, 0.2) is 5.57 Å². The summed E-state index contributed by atoms with van der Waals surface area (Å²) in [6.07, 6.45) is -5.37. The summed E-state index contributed by atoms with van der Waals surface area (Å²) in [5.41, 5.74) is -1.90. The van der Waals surface area contributed by atoms with Gasteiger partial charge in [0.25, 0.3) is 0 Å². The number of alkyl halides is 3. The lowest BCUT2D eigenvalue weighted by molar-refractivity contribution is -0.145. The minimum absolute atomic E-state index is 0.360. The summed E-state index contributed by atoms with van der Waals surface area (Å²) in [6.45, 7) is 1.23. The van der Waals surface area contributed by atoms with Crippen molar-refractivity contribution in [2.75, 3.05) is 0 Å². The Morgan fingerprint density at radius 3 is 1.83 bits per heavy atom. The number of carboxylic acids is 1. The van der Waals surface area contributed by atoms with Gasteiger partial charge in [-0.05, 0) is 0 Å². The highest BCUT2D eigenvalue weighted by Crippen LogP contribution is 2.28. The first-order valence-corrected chi connectivity index (χ1v) is 3.03.